The van der Waals surface area contributed by atoms with Crippen LogP contribution in [0.5, 0.6) is 5.75 Å². The normalized spacial score (nSPS) is 10.2. The molecule has 0 amide bonds. The van der Waals surface area contributed by atoms with Crippen molar-refractivity contribution in [3.8, 4) is 5.75 Å². The summed E-state index contributed by atoms with van der Waals surface area (Å²) in [5.41, 5.74) is 3.24. The predicted molar refractivity (Wildman–Crippen MR) is 74.3 cm³/mol. The minimum Gasteiger partial charge on any atom is -0.495 e. The van der Waals surface area contributed by atoms with Crippen LogP contribution in [0.3, 0.4) is 0 Å². The molecule has 0 atom stereocenters. The minimum absolute atomic E-state index is 0.682. The van der Waals surface area contributed by atoms with Gasteiger partial charge in [0, 0.05) is 24.0 Å². The van der Waals surface area contributed by atoms with Crippen LogP contribution in [0, 0.1) is 6.92 Å². The van der Waals surface area contributed by atoms with Gasteiger partial charge in [0.05, 0.1) is 12.8 Å². The molecule has 3 nitrogen and oxygen atoms in total. The van der Waals surface area contributed by atoms with E-state index in [4.69, 9.17) is 16.3 Å². The number of methoxy groups -OCH3 is 1. The fourth-order valence-corrected chi connectivity index (χ4v) is 1.86. The van der Waals surface area contributed by atoms with E-state index in [-0.39, 0.29) is 0 Å². The summed E-state index contributed by atoms with van der Waals surface area (Å²) in [6.07, 6.45) is 3.65. The van der Waals surface area contributed by atoms with E-state index in [0.717, 1.165) is 17.0 Å². The Hall–Kier alpha value is -1.74. The molecule has 18 heavy (non-hydrogen) atoms. The van der Waals surface area contributed by atoms with Gasteiger partial charge >= 0.3 is 0 Å². The fourth-order valence-electron chi connectivity index (χ4n) is 1.69. The second-order valence-electron chi connectivity index (χ2n) is 4.00. The van der Waals surface area contributed by atoms with E-state index >= 15 is 0 Å². The van der Waals surface area contributed by atoms with Crippen molar-refractivity contribution in [2.75, 3.05) is 12.4 Å². The average Bonchev–Trinajstić information content (AvgIpc) is 2.38. The van der Waals surface area contributed by atoms with Crippen molar-refractivity contribution in [1.82, 2.24) is 4.98 Å². The number of aryl methyl sites for hydroxylation is 1. The lowest BCUT2D eigenvalue weighted by Crippen LogP contribution is -2.03. The molecule has 1 heterocycles. The Morgan fingerprint density at radius 2 is 2.17 bits per heavy atom. The van der Waals surface area contributed by atoms with Crippen molar-refractivity contribution in [1.29, 1.82) is 0 Å². The molecular weight excluding hydrogens is 248 g/mol. The van der Waals surface area contributed by atoms with Crippen molar-refractivity contribution >= 4 is 17.3 Å². The smallest absolute Gasteiger partial charge is 0.142 e. The second-order valence-corrected chi connectivity index (χ2v) is 4.44. The first-order valence-electron chi connectivity index (χ1n) is 5.67. The number of ether oxygens (including phenoxy) is 1. The summed E-state index contributed by atoms with van der Waals surface area (Å²) in [7, 11) is 1.64. The molecule has 1 N–H and O–H groups in total. The van der Waals surface area contributed by atoms with Crippen LogP contribution < -0.4 is 10.1 Å². The van der Waals surface area contributed by atoms with Gasteiger partial charge < -0.3 is 10.1 Å². The van der Waals surface area contributed by atoms with Gasteiger partial charge in [0.25, 0.3) is 0 Å². The van der Waals surface area contributed by atoms with Crippen LogP contribution in [0.15, 0.2) is 36.7 Å². The number of hydrogen-bond acceptors (Lipinski definition) is 3. The van der Waals surface area contributed by atoms with Gasteiger partial charge in [-0.15, -0.1) is 0 Å². The Bertz CT molecular complexity index is 543. The van der Waals surface area contributed by atoms with E-state index in [0.29, 0.717) is 11.6 Å². The Kier molecular flexibility index (Phi) is 4.05. The monoisotopic (exact) mass is 262 g/mol. The molecule has 0 unspecified atom stereocenters. The van der Waals surface area contributed by atoms with E-state index in [2.05, 4.69) is 17.2 Å². The largest absolute Gasteiger partial charge is 0.495 e. The van der Waals surface area contributed by atoms with Crippen LogP contribution in [0.2, 0.25) is 5.02 Å². The topological polar surface area (TPSA) is 34.1 Å². The standard InChI is InChI=1S/C14H15ClN2O/c1-10-5-6-16-8-11(10)9-17-13-7-12(15)3-4-14(13)18-2/h3-8,17H,9H2,1-2H3. The van der Waals surface area contributed by atoms with E-state index < -0.39 is 0 Å². The van der Waals surface area contributed by atoms with Gasteiger partial charge in [-0.05, 0) is 42.3 Å². The second kappa shape index (κ2) is 5.74. The maximum absolute atomic E-state index is 5.98. The van der Waals surface area contributed by atoms with Gasteiger partial charge in [-0.3, -0.25) is 4.98 Å². The number of hydrogen-bond donors (Lipinski definition) is 1. The van der Waals surface area contributed by atoms with Crippen molar-refractivity contribution in [3.63, 3.8) is 0 Å². The minimum atomic E-state index is 0.682. The predicted octanol–water partition coefficient (Wildman–Crippen LogP) is 3.66. The molecule has 0 spiro atoms. The SMILES string of the molecule is COc1ccc(Cl)cc1NCc1cnccc1C. The van der Waals surface area contributed by atoms with Crippen LogP contribution >= 0.6 is 11.6 Å². The number of aromatic nitrogens is 1. The maximum Gasteiger partial charge on any atom is 0.142 e. The molecule has 0 bridgehead atoms. The van der Waals surface area contributed by atoms with E-state index in [1.165, 1.54) is 5.56 Å². The van der Waals surface area contributed by atoms with Gasteiger partial charge in [-0.2, -0.15) is 0 Å². The zero-order valence-electron chi connectivity index (χ0n) is 10.4. The summed E-state index contributed by atoms with van der Waals surface area (Å²) in [5.74, 6) is 0.779. The van der Waals surface area contributed by atoms with Gasteiger partial charge in [0.2, 0.25) is 0 Å². The van der Waals surface area contributed by atoms with Crippen LogP contribution in [0.4, 0.5) is 5.69 Å². The van der Waals surface area contributed by atoms with Gasteiger partial charge in [0.1, 0.15) is 5.75 Å². The lowest BCUT2D eigenvalue weighted by Gasteiger charge is -2.12. The van der Waals surface area contributed by atoms with Crippen molar-refractivity contribution in [2.45, 2.75) is 13.5 Å². The molecule has 2 rings (SSSR count). The molecule has 1 aromatic carbocycles. The quantitative estimate of drug-likeness (QED) is 0.913. The van der Waals surface area contributed by atoms with Gasteiger partial charge in [-0.25, -0.2) is 0 Å². The number of nitrogens with one attached hydrogen (secondary N) is 1. The number of anilines is 1. The molecule has 0 saturated carbocycles. The Balaban J connectivity index is 2.15. The van der Waals surface area contributed by atoms with E-state index in [9.17, 15) is 0 Å². The summed E-state index contributed by atoms with van der Waals surface area (Å²) in [6, 6.07) is 7.50. The third-order valence-corrected chi connectivity index (χ3v) is 3.01. The third kappa shape index (κ3) is 2.93. The lowest BCUT2D eigenvalue weighted by molar-refractivity contribution is 0.416. The van der Waals surface area contributed by atoms with Crippen molar-refractivity contribution in [2.24, 2.45) is 0 Å². The number of halogens is 1. The highest BCUT2D eigenvalue weighted by atomic mass is 35.5. The summed E-state index contributed by atoms with van der Waals surface area (Å²) in [5, 5.41) is 3.99. The zero-order valence-corrected chi connectivity index (χ0v) is 11.2. The Morgan fingerprint density at radius 1 is 1.33 bits per heavy atom. The highest BCUT2D eigenvalue weighted by Crippen LogP contribution is 2.28. The Labute approximate surface area is 112 Å². The third-order valence-electron chi connectivity index (χ3n) is 2.78. The number of nitrogens with zero attached hydrogens (tertiary/aromatic N) is 1. The van der Waals surface area contributed by atoms with Crippen molar-refractivity contribution < 1.29 is 4.74 Å². The molecule has 2 aromatic rings. The van der Waals surface area contributed by atoms with Gasteiger partial charge in [0.15, 0.2) is 0 Å². The highest BCUT2D eigenvalue weighted by Gasteiger charge is 2.04. The molecule has 0 fully saturated rings. The molecule has 0 aliphatic rings. The van der Waals surface area contributed by atoms with E-state index in [1.54, 1.807) is 19.4 Å². The summed E-state index contributed by atoms with van der Waals surface area (Å²) in [6.45, 7) is 2.75. The molecule has 0 radical (unpaired) electrons. The molecule has 0 aliphatic heterocycles. The van der Waals surface area contributed by atoms with Crippen LogP contribution in [-0.2, 0) is 6.54 Å². The molecule has 0 aliphatic carbocycles. The zero-order chi connectivity index (χ0) is 13.0. The fraction of sp³-hybridized carbons (Fsp3) is 0.214. The first-order chi connectivity index (χ1) is 8.70. The molecule has 1 aromatic heterocycles. The lowest BCUT2D eigenvalue weighted by atomic mass is 10.1. The highest BCUT2D eigenvalue weighted by molar-refractivity contribution is 6.30. The first-order valence-corrected chi connectivity index (χ1v) is 6.05. The first kappa shape index (κ1) is 12.7. The maximum atomic E-state index is 5.98. The summed E-state index contributed by atoms with van der Waals surface area (Å²) < 4.78 is 5.28. The van der Waals surface area contributed by atoms with Crippen LogP contribution in [0.1, 0.15) is 11.1 Å². The molecule has 0 saturated heterocycles. The summed E-state index contributed by atoms with van der Waals surface area (Å²) in [4.78, 5) is 4.12. The summed E-state index contributed by atoms with van der Waals surface area (Å²) >= 11 is 5.98. The Morgan fingerprint density at radius 3 is 2.89 bits per heavy atom. The van der Waals surface area contributed by atoms with E-state index in [1.807, 2.05) is 24.4 Å². The number of benzene rings is 1. The average molecular weight is 263 g/mol. The van der Waals surface area contributed by atoms with Crippen LogP contribution in [0.25, 0.3) is 0 Å². The number of rotatable bonds is 4. The van der Waals surface area contributed by atoms with Crippen molar-refractivity contribution in [3.05, 3.63) is 52.8 Å². The molecule has 4 heteroatoms. The molecule has 94 valence electrons. The number of pyridine rings is 1. The van der Waals surface area contributed by atoms with Crippen LogP contribution in [-0.4, -0.2) is 12.1 Å². The molecular formula is C14H15ClN2O. The van der Waals surface area contributed by atoms with Gasteiger partial charge in [-0.1, -0.05) is 11.6 Å².